The van der Waals surface area contributed by atoms with E-state index in [1.54, 1.807) is 0 Å². The van der Waals surface area contributed by atoms with Crippen LogP contribution < -0.4 is 27.4 Å². The SMILES string of the molecule is C[C@H](NC(=O)[C@H](CCC(=O)O)NC(=O)[C@@H](N)CCC(=O)O)C(=O)N[C@@H](CCCCN)C(=O)O. The van der Waals surface area contributed by atoms with Crippen molar-refractivity contribution < 1.29 is 44.1 Å². The van der Waals surface area contributed by atoms with E-state index < -0.39 is 66.2 Å². The Labute approximate surface area is 190 Å². The van der Waals surface area contributed by atoms with Crippen LogP contribution in [-0.4, -0.2) is 81.7 Å². The lowest BCUT2D eigenvalue weighted by molar-refractivity contribution is -0.142. The second kappa shape index (κ2) is 15.5. The Hall–Kier alpha value is -3.26. The standard InChI is InChI=1S/C19H33N5O9/c1-10(16(29)24-13(19(32)33)4-2-3-9-20)22-18(31)12(6-8-15(27)28)23-17(30)11(21)5-7-14(25)26/h10-13H,2-9,20-21H2,1H3,(H,22,31)(H,23,30)(H,24,29)(H,25,26)(H,27,28)(H,32,33)/t10-,11-,12-,13-/m0/s1. The van der Waals surface area contributed by atoms with Gasteiger partial charge < -0.3 is 42.7 Å². The predicted octanol–water partition coefficient (Wildman–Crippen LogP) is -2.27. The van der Waals surface area contributed by atoms with Crippen LogP contribution in [0.5, 0.6) is 0 Å². The van der Waals surface area contributed by atoms with E-state index in [1.165, 1.54) is 6.92 Å². The largest absolute Gasteiger partial charge is 0.481 e. The monoisotopic (exact) mass is 475 g/mol. The van der Waals surface area contributed by atoms with Crippen LogP contribution in [0.4, 0.5) is 0 Å². The van der Waals surface area contributed by atoms with Crippen molar-refractivity contribution in [1.29, 1.82) is 0 Å². The van der Waals surface area contributed by atoms with E-state index in [0.717, 1.165) is 0 Å². The number of hydrogen-bond acceptors (Lipinski definition) is 8. The number of aliphatic carboxylic acids is 3. The molecule has 10 N–H and O–H groups in total. The molecule has 4 atom stereocenters. The summed E-state index contributed by atoms with van der Waals surface area (Å²) in [6, 6.07) is -4.98. The zero-order valence-corrected chi connectivity index (χ0v) is 18.4. The Morgan fingerprint density at radius 2 is 1.27 bits per heavy atom. The second-order valence-electron chi connectivity index (χ2n) is 7.45. The fourth-order valence-electron chi connectivity index (χ4n) is 2.65. The van der Waals surface area contributed by atoms with Gasteiger partial charge in [-0.3, -0.25) is 24.0 Å². The van der Waals surface area contributed by atoms with Crippen molar-refractivity contribution in [1.82, 2.24) is 16.0 Å². The summed E-state index contributed by atoms with van der Waals surface area (Å²) in [5.74, 6) is -6.17. The molecule has 0 aliphatic rings. The predicted molar refractivity (Wildman–Crippen MR) is 114 cm³/mol. The molecule has 3 amide bonds. The zero-order chi connectivity index (χ0) is 25.6. The van der Waals surface area contributed by atoms with Crippen molar-refractivity contribution in [2.75, 3.05) is 6.54 Å². The Kier molecular flexibility index (Phi) is 14.0. The summed E-state index contributed by atoms with van der Waals surface area (Å²) in [7, 11) is 0. The second-order valence-corrected chi connectivity index (χ2v) is 7.45. The Morgan fingerprint density at radius 1 is 0.727 bits per heavy atom. The molecule has 0 aromatic carbocycles. The van der Waals surface area contributed by atoms with Crippen molar-refractivity contribution in [2.24, 2.45) is 11.5 Å². The summed E-state index contributed by atoms with van der Waals surface area (Å²) >= 11 is 0. The highest BCUT2D eigenvalue weighted by molar-refractivity contribution is 5.94. The smallest absolute Gasteiger partial charge is 0.326 e. The van der Waals surface area contributed by atoms with E-state index in [-0.39, 0.29) is 25.7 Å². The van der Waals surface area contributed by atoms with Crippen molar-refractivity contribution in [2.45, 2.75) is 76.0 Å². The van der Waals surface area contributed by atoms with Gasteiger partial charge in [-0.2, -0.15) is 0 Å². The number of carboxylic acids is 3. The number of rotatable bonds is 17. The van der Waals surface area contributed by atoms with Crippen LogP contribution in [0, 0.1) is 0 Å². The average Bonchev–Trinajstić information content (AvgIpc) is 2.73. The zero-order valence-electron chi connectivity index (χ0n) is 18.4. The van der Waals surface area contributed by atoms with Gasteiger partial charge in [-0.15, -0.1) is 0 Å². The fraction of sp³-hybridized carbons (Fsp3) is 0.684. The van der Waals surface area contributed by atoms with Gasteiger partial charge in [-0.1, -0.05) is 0 Å². The number of carbonyl (C=O) groups is 6. The van der Waals surface area contributed by atoms with Crippen molar-refractivity contribution in [3.63, 3.8) is 0 Å². The molecule has 188 valence electrons. The minimum absolute atomic E-state index is 0.143. The third kappa shape index (κ3) is 13.0. The molecule has 0 heterocycles. The van der Waals surface area contributed by atoms with E-state index >= 15 is 0 Å². The molecular weight excluding hydrogens is 442 g/mol. The van der Waals surface area contributed by atoms with Crippen LogP contribution in [-0.2, 0) is 28.8 Å². The minimum atomic E-state index is -1.36. The summed E-state index contributed by atoms with van der Waals surface area (Å²) in [6.45, 7) is 1.66. The first-order valence-electron chi connectivity index (χ1n) is 10.4. The molecule has 0 aromatic heterocycles. The number of nitrogens with one attached hydrogen (secondary N) is 3. The summed E-state index contributed by atoms with van der Waals surface area (Å²) in [5.41, 5.74) is 11.0. The third-order valence-electron chi connectivity index (χ3n) is 4.60. The van der Waals surface area contributed by atoms with E-state index in [2.05, 4.69) is 16.0 Å². The molecule has 0 aliphatic carbocycles. The van der Waals surface area contributed by atoms with Gasteiger partial charge >= 0.3 is 17.9 Å². The normalized spacial score (nSPS) is 14.3. The van der Waals surface area contributed by atoms with Gasteiger partial charge in [0.05, 0.1) is 6.04 Å². The molecular formula is C19H33N5O9. The van der Waals surface area contributed by atoms with Gasteiger partial charge in [0.2, 0.25) is 17.7 Å². The number of carbonyl (C=O) groups excluding carboxylic acids is 3. The van der Waals surface area contributed by atoms with E-state index in [1.807, 2.05) is 0 Å². The molecule has 33 heavy (non-hydrogen) atoms. The Morgan fingerprint density at radius 3 is 1.79 bits per heavy atom. The quantitative estimate of drug-likeness (QED) is 0.104. The third-order valence-corrected chi connectivity index (χ3v) is 4.60. The molecule has 0 radical (unpaired) electrons. The maximum absolute atomic E-state index is 12.6. The Bertz CT molecular complexity index is 716. The first-order chi connectivity index (χ1) is 15.4. The van der Waals surface area contributed by atoms with Crippen molar-refractivity contribution >= 4 is 35.6 Å². The topological polar surface area (TPSA) is 251 Å². The molecule has 0 rings (SSSR count). The number of carboxylic acid groups (broad SMARTS) is 3. The lowest BCUT2D eigenvalue weighted by Crippen LogP contribution is -2.56. The van der Waals surface area contributed by atoms with Crippen LogP contribution in [0.1, 0.15) is 51.9 Å². The fourth-order valence-corrected chi connectivity index (χ4v) is 2.65. The number of amides is 3. The summed E-state index contributed by atoms with van der Waals surface area (Å²) < 4.78 is 0. The van der Waals surface area contributed by atoms with Gasteiger partial charge in [0.15, 0.2) is 0 Å². The molecule has 0 spiro atoms. The summed E-state index contributed by atoms with van der Waals surface area (Å²) in [5, 5.41) is 33.7. The number of hydrogen-bond donors (Lipinski definition) is 8. The molecule has 14 heteroatoms. The van der Waals surface area contributed by atoms with E-state index in [0.29, 0.717) is 19.4 Å². The maximum Gasteiger partial charge on any atom is 0.326 e. The highest BCUT2D eigenvalue weighted by Crippen LogP contribution is 2.04. The van der Waals surface area contributed by atoms with Gasteiger partial charge in [0.1, 0.15) is 18.1 Å². The summed E-state index contributed by atoms with van der Waals surface area (Å²) in [6.07, 6.45) is -0.188. The molecule has 0 fully saturated rings. The van der Waals surface area contributed by atoms with Gasteiger partial charge in [0.25, 0.3) is 0 Å². The average molecular weight is 475 g/mol. The lowest BCUT2D eigenvalue weighted by Gasteiger charge is -2.23. The number of unbranched alkanes of at least 4 members (excludes halogenated alkanes) is 1. The molecule has 0 bridgehead atoms. The van der Waals surface area contributed by atoms with Crippen LogP contribution in [0.2, 0.25) is 0 Å². The highest BCUT2D eigenvalue weighted by Gasteiger charge is 2.28. The van der Waals surface area contributed by atoms with Crippen molar-refractivity contribution in [3.05, 3.63) is 0 Å². The van der Waals surface area contributed by atoms with E-state index in [9.17, 15) is 33.9 Å². The molecule has 0 saturated carbocycles. The van der Waals surface area contributed by atoms with Gasteiger partial charge in [-0.25, -0.2) is 4.79 Å². The summed E-state index contributed by atoms with van der Waals surface area (Å²) in [4.78, 5) is 69.9. The van der Waals surface area contributed by atoms with E-state index in [4.69, 9.17) is 21.7 Å². The molecule has 0 aromatic rings. The van der Waals surface area contributed by atoms with Crippen LogP contribution in [0.15, 0.2) is 0 Å². The van der Waals surface area contributed by atoms with Crippen LogP contribution in [0.25, 0.3) is 0 Å². The molecule has 14 nitrogen and oxygen atoms in total. The maximum atomic E-state index is 12.6. The molecule has 0 unspecified atom stereocenters. The van der Waals surface area contributed by atoms with Crippen molar-refractivity contribution in [3.8, 4) is 0 Å². The first-order valence-corrected chi connectivity index (χ1v) is 10.4. The first kappa shape index (κ1) is 29.7. The van der Waals surface area contributed by atoms with Crippen LogP contribution in [0.3, 0.4) is 0 Å². The van der Waals surface area contributed by atoms with Crippen LogP contribution >= 0.6 is 0 Å². The highest BCUT2D eigenvalue weighted by atomic mass is 16.4. The van der Waals surface area contributed by atoms with Gasteiger partial charge in [0, 0.05) is 12.8 Å². The molecule has 0 saturated heterocycles. The number of nitrogens with two attached hydrogens (primary N) is 2. The minimum Gasteiger partial charge on any atom is -0.481 e. The lowest BCUT2D eigenvalue weighted by atomic mass is 10.1. The Balaban J connectivity index is 5.07. The van der Waals surface area contributed by atoms with Gasteiger partial charge in [-0.05, 0) is 45.6 Å². The molecule has 0 aliphatic heterocycles.